The normalized spacial score (nSPS) is 13.7. The van der Waals surface area contributed by atoms with E-state index in [1.54, 1.807) is 12.1 Å². The molecule has 0 radical (unpaired) electrons. The van der Waals surface area contributed by atoms with Crippen LogP contribution in [0.4, 0.5) is 24.7 Å². The molecule has 184 valence electrons. The standard InChI is InChI=1S/C22H20F3N5O4S/c23-18-5-1-4-15(13-29-8-3-9-29)17(18)12-26-16-10-19(24)22(20(25)11-16)35(32,33)30(34-14-31)21-6-2-7-27-28-21/h1-2,4-7,10-11,14,26H,3,8-9,12-13H2. The Kier molecular flexibility index (Phi) is 7.17. The highest BCUT2D eigenvalue weighted by Crippen LogP contribution is 2.29. The van der Waals surface area contributed by atoms with Crippen LogP contribution in [0.25, 0.3) is 0 Å². The van der Waals surface area contributed by atoms with Gasteiger partial charge in [0.15, 0.2) is 4.90 Å². The van der Waals surface area contributed by atoms with Crippen molar-refractivity contribution in [2.24, 2.45) is 0 Å². The fourth-order valence-electron chi connectivity index (χ4n) is 3.58. The first kappa shape index (κ1) is 24.4. The van der Waals surface area contributed by atoms with Gasteiger partial charge in [-0.25, -0.2) is 13.2 Å². The average molecular weight is 507 g/mol. The van der Waals surface area contributed by atoms with Crippen LogP contribution in [0.2, 0.25) is 0 Å². The van der Waals surface area contributed by atoms with E-state index in [-0.39, 0.29) is 23.2 Å². The lowest BCUT2D eigenvalue weighted by molar-refractivity contribution is -0.128. The van der Waals surface area contributed by atoms with Crippen LogP contribution < -0.4 is 9.79 Å². The van der Waals surface area contributed by atoms with Gasteiger partial charge < -0.3 is 10.2 Å². The molecule has 1 N–H and O–H groups in total. The number of sulfonamides is 1. The van der Waals surface area contributed by atoms with Crippen LogP contribution in [0.3, 0.4) is 0 Å². The van der Waals surface area contributed by atoms with Gasteiger partial charge in [0.05, 0.1) is 0 Å². The number of rotatable bonds is 10. The van der Waals surface area contributed by atoms with E-state index in [0.717, 1.165) is 43.3 Å². The molecule has 0 bridgehead atoms. The number of hydrogen-bond acceptors (Lipinski definition) is 8. The molecule has 1 aliphatic heterocycles. The zero-order valence-electron chi connectivity index (χ0n) is 18.2. The molecule has 1 saturated heterocycles. The van der Waals surface area contributed by atoms with E-state index < -0.39 is 38.2 Å². The molecule has 0 unspecified atom stereocenters. The molecule has 3 aromatic rings. The van der Waals surface area contributed by atoms with Crippen molar-refractivity contribution in [3.63, 3.8) is 0 Å². The van der Waals surface area contributed by atoms with Crippen molar-refractivity contribution in [1.82, 2.24) is 15.1 Å². The highest BCUT2D eigenvalue weighted by molar-refractivity contribution is 7.92. The predicted molar refractivity (Wildman–Crippen MR) is 119 cm³/mol. The number of carbonyl (C=O) groups is 1. The average Bonchev–Trinajstić information content (AvgIpc) is 2.79. The van der Waals surface area contributed by atoms with Crippen molar-refractivity contribution < 1.29 is 31.2 Å². The predicted octanol–water partition coefficient (Wildman–Crippen LogP) is 3.00. The number of hydrogen-bond donors (Lipinski definition) is 1. The first-order valence-corrected chi connectivity index (χ1v) is 11.9. The number of halogens is 3. The van der Waals surface area contributed by atoms with Gasteiger partial charge in [-0.3, -0.25) is 9.69 Å². The van der Waals surface area contributed by atoms with Gasteiger partial charge in [0.1, 0.15) is 17.5 Å². The van der Waals surface area contributed by atoms with Crippen molar-refractivity contribution in [2.75, 3.05) is 22.9 Å². The number of anilines is 2. The second-order valence-electron chi connectivity index (χ2n) is 7.65. The molecular formula is C22H20F3N5O4S. The van der Waals surface area contributed by atoms with Gasteiger partial charge in [-0.2, -0.15) is 13.5 Å². The molecule has 0 amide bonds. The first-order valence-electron chi connectivity index (χ1n) is 10.5. The highest BCUT2D eigenvalue weighted by Gasteiger charge is 2.34. The Balaban J connectivity index is 1.59. The molecule has 9 nitrogen and oxygen atoms in total. The summed E-state index contributed by atoms with van der Waals surface area (Å²) in [5.74, 6) is -3.87. The maximum Gasteiger partial charge on any atom is 0.322 e. The smallest absolute Gasteiger partial charge is 0.322 e. The van der Waals surface area contributed by atoms with E-state index in [1.807, 2.05) is 0 Å². The molecule has 0 aliphatic carbocycles. The minimum absolute atomic E-state index is 0.0387. The monoisotopic (exact) mass is 507 g/mol. The molecule has 4 rings (SSSR count). The zero-order valence-corrected chi connectivity index (χ0v) is 19.0. The van der Waals surface area contributed by atoms with Crippen LogP contribution in [0.15, 0.2) is 53.6 Å². The summed E-state index contributed by atoms with van der Waals surface area (Å²) in [6.45, 7) is 2.05. The van der Waals surface area contributed by atoms with E-state index in [0.29, 0.717) is 12.1 Å². The Morgan fingerprint density at radius 1 is 1.09 bits per heavy atom. The zero-order chi connectivity index (χ0) is 25.0. The maximum absolute atomic E-state index is 14.9. The number of aromatic nitrogens is 2. The first-order chi connectivity index (χ1) is 16.8. The summed E-state index contributed by atoms with van der Waals surface area (Å²) in [5, 5.41) is 9.70. The minimum Gasteiger partial charge on any atom is -0.381 e. The second-order valence-corrected chi connectivity index (χ2v) is 9.34. The molecule has 2 heterocycles. The summed E-state index contributed by atoms with van der Waals surface area (Å²) >= 11 is 0. The van der Waals surface area contributed by atoms with Crippen molar-refractivity contribution >= 4 is 28.0 Å². The molecule has 13 heteroatoms. The van der Waals surface area contributed by atoms with Crippen LogP contribution in [-0.4, -0.2) is 43.1 Å². The quantitative estimate of drug-likeness (QED) is 0.330. The van der Waals surface area contributed by atoms with Gasteiger partial charge in [-0.1, -0.05) is 16.6 Å². The topological polar surface area (TPSA) is 105 Å². The highest BCUT2D eigenvalue weighted by atomic mass is 32.2. The third kappa shape index (κ3) is 5.20. The summed E-state index contributed by atoms with van der Waals surface area (Å²) in [6, 6.07) is 8.58. The summed E-state index contributed by atoms with van der Waals surface area (Å²) in [4.78, 5) is 16.1. The third-order valence-corrected chi connectivity index (χ3v) is 7.00. The molecular weight excluding hydrogens is 487 g/mol. The van der Waals surface area contributed by atoms with Gasteiger partial charge in [0.2, 0.25) is 5.82 Å². The van der Waals surface area contributed by atoms with Crippen LogP contribution in [0.1, 0.15) is 17.5 Å². The van der Waals surface area contributed by atoms with Crippen molar-refractivity contribution in [3.8, 4) is 0 Å². The molecule has 0 spiro atoms. The summed E-state index contributed by atoms with van der Waals surface area (Å²) < 4.78 is 70.0. The number of nitrogens with zero attached hydrogens (tertiary/aromatic N) is 4. The fourth-order valence-corrected chi connectivity index (χ4v) is 4.84. The number of carbonyl (C=O) groups excluding carboxylic acids is 1. The summed E-state index contributed by atoms with van der Waals surface area (Å²) in [7, 11) is -5.05. The molecule has 2 aromatic carbocycles. The van der Waals surface area contributed by atoms with Gasteiger partial charge in [-0.05, 0) is 55.4 Å². The molecule has 0 saturated carbocycles. The fraction of sp³-hybridized carbons (Fsp3) is 0.227. The Bertz CT molecular complexity index is 1300. The van der Waals surface area contributed by atoms with Gasteiger partial charge >= 0.3 is 16.5 Å². The molecule has 0 atom stereocenters. The Hall–Kier alpha value is -3.71. The van der Waals surface area contributed by atoms with Crippen LogP contribution in [0.5, 0.6) is 0 Å². The molecule has 1 fully saturated rings. The largest absolute Gasteiger partial charge is 0.381 e. The van der Waals surface area contributed by atoms with E-state index in [4.69, 9.17) is 0 Å². The van der Waals surface area contributed by atoms with Crippen LogP contribution in [-0.2, 0) is 32.7 Å². The minimum atomic E-state index is -5.05. The molecule has 1 aliphatic rings. The lowest BCUT2D eigenvalue weighted by Gasteiger charge is -2.31. The lowest BCUT2D eigenvalue weighted by Crippen LogP contribution is -2.36. The van der Waals surface area contributed by atoms with E-state index in [1.165, 1.54) is 18.3 Å². The van der Waals surface area contributed by atoms with E-state index in [2.05, 4.69) is 25.3 Å². The van der Waals surface area contributed by atoms with Gasteiger partial charge in [0, 0.05) is 30.5 Å². The van der Waals surface area contributed by atoms with Crippen molar-refractivity contribution in [3.05, 3.63) is 77.2 Å². The van der Waals surface area contributed by atoms with E-state index >= 15 is 0 Å². The number of benzene rings is 2. The maximum atomic E-state index is 14.9. The number of likely N-dealkylation sites (tertiary alicyclic amines) is 1. The summed E-state index contributed by atoms with van der Waals surface area (Å²) in [5.41, 5.74) is 0.965. The van der Waals surface area contributed by atoms with Crippen molar-refractivity contribution in [1.29, 1.82) is 0 Å². The second kappa shape index (κ2) is 10.3. The van der Waals surface area contributed by atoms with Gasteiger partial charge in [-0.15, -0.1) is 5.10 Å². The SMILES string of the molecule is O=CON(c1cccnn1)S(=O)(=O)c1c(F)cc(NCc2c(F)cccc2CN2CCC2)cc1F. The van der Waals surface area contributed by atoms with E-state index in [9.17, 15) is 26.4 Å². The van der Waals surface area contributed by atoms with Gasteiger partial charge in [0.25, 0.3) is 0 Å². The molecule has 35 heavy (non-hydrogen) atoms. The van der Waals surface area contributed by atoms with Crippen LogP contribution in [0, 0.1) is 17.5 Å². The van der Waals surface area contributed by atoms with Crippen LogP contribution >= 0.6 is 0 Å². The molecule has 1 aromatic heterocycles. The summed E-state index contributed by atoms with van der Waals surface area (Å²) in [6.07, 6.45) is 2.30. The third-order valence-electron chi connectivity index (χ3n) is 5.39. The number of nitrogens with one attached hydrogen (secondary N) is 1. The Morgan fingerprint density at radius 2 is 1.83 bits per heavy atom. The lowest BCUT2D eigenvalue weighted by atomic mass is 10.0. The Morgan fingerprint density at radius 3 is 2.43 bits per heavy atom. The van der Waals surface area contributed by atoms with Crippen molar-refractivity contribution in [2.45, 2.75) is 24.4 Å². The Labute approximate surface area is 199 Å².